The van der Waals surface area contributed by atoms with Gasteiger partial charge in [0, 0.05) is 68.9 Å². The Bertz CT molecular complexity index is 1430. The van der Waals surface area contributed by atoms with Crippen LogP contribution in [0.1, 0.15) is 31.8 Å². The summed E-state index contributed by atoms with van der Waals surface area (Å²) in [5, 5.41) is 1.67. The number of imide groups is 1. The van der Waals surface area contributed by atoms with Gasteiger partial charge in [-0.2, -0.15) is 0 Å². The van der Waals surface area contributed by atoms with Crippen LogP contribution in [0, 0.1) is 0 Å². The number of benzene rings is 3. The second-order valence-electron chi connectivity index (χ2n) is 10.6. The minimum Gasteiger partial charge on any atom is -0.493 e. The fourth-order valence-corrected chi connectivity index (χ4v) is 6.08. The molecule has 3 aromatic rings. The van der Waals surface area contributed by atoms with Gasteiger partial charge in [-0.1, -0.05) is 24.3 Å². The Morgan fingerprint density at radius 3 is 2.00 bits per heavy atom. The van der Waals surface area contributed by atoms with Crippen molar-refractivity contribution in [2.45, 2.75) is 13.0 Å². The number of ether oxygens (including phenoxy) is 2. The second-order valence-corrected chi connectivity index (χ2v) is 10.6. The lowest BCUT2D eigenvalue weighted by Crippen LogP contribution is -2.52. The van der Waals surface area contributed by atoms with Crippen LogP contribution >= 0.6 is 0 Å². The van der Waals surface area contributed by atoms with Crippen LogP contribution in [0.15, 0.2) is 48.5 Å². The Morgan fingerprint density at radius 2 is 1.38 bits per heavy atom. The Labute approximate surface area is 233 Å². The zero-order valence-electron chi connectivity index (χ0n) is 23.0. The molecule has 3 amide bonds. The molecule has 0 aromatic heterocycles. The van der Waals surface area contributed by atoms with Crippen LogP contribution < -0.4 is 9.47 Å². The normalized spacial score (nSPS) is 17.8. The predicted molar refractivity (Wildman–Crippen MR) is 151 cm³/mol. The minimum atomic E-state index is -0.224. The molecule has 3 heterocycles. The van der Waals surface area contributed by atoms with Crippen molar-refractivity contribution in [2.24, 2.45) is 0 Å². The van der Waals surface area contributed by atoms with E-state index in [1.807, 2.05) is 41.3 Å². The first-order valence-corrected chi connectivity index (χ1v) is 13.8. The van der Waals surface area contributed by atoms with Gasteiger partial charge in [0.15, 0.2) is 11.5 Å². The van der Waals surface area contributed by atoms with Crippen LogP contribution in [-0.4, -0.2) is 104 Å². The molecule has 0 saturated carbocycles. The lowest BCUT2D eigenvalue weighted by Gasteiger charge is -2.37. The third-order valence-electron chi connectivity index (χ3n) is 8.39. The fourth-order valence-electron chi connectivity index (χ4n) is 6.08. The van der Waals surface area contributed by atoms with E-state index >= 15 is 0 Å². The molecule has 3 aromatic carbocycles. The molecule has 9 heteroatoms. The first-order chi connectivity index (χ1) is 19.5. The van der Waals surface area contributed by atoms with E-state index in [4.69, 9.17) is 9.47 Å². The van der Waals surface area contributed by atoms with Gasteiger partial charge in [-0.25, -0.2) is 0 Å². The molecule has 3 aliphatic heterocycles. The molecule has 40 heavy (non-hydrogen) atoms. The maximum Gasteiger partial charge on any atom is 0.261 e. The van der Waals surface area contributed by atoms with Crippen molar-refractivity contribution in [1.29, 1.82) is 0 Å². The van der Waals surface area contributed by atoms with E-state index in [1.165, 1.54) is 10.5 Å². The first kappa shape index (κ1) is 26.3. The molecule has 0 unspecified atom stereocenters. The highest BCUT2D eigenvalue weighted by Crippen LogP contribution is 2.33. The summed E-state index contributed by atoms with van der Waals surface area (Å²) in [6, 6.07) is 15.2. The largest absolute Gasteiger partial charge is 0.493 e. The van der Waals surface area contributed by atoms with Crippen molar-refractivity contribution in [1.82, 2.24) is 19.6 Å². The second kappa shape index (κ2) is 10.9. The van der Waals surface area contributed by atoms with E-state index in [-0.39, 0.29) is 17.7 Å². The zero-order chi connectivity index (χ0) is 27.8. The summed E-state index contributed by atoms with van der Waals surface area (Å²) < 4.78 is 10.9. The maximum absolute atomic E-state index is 13.2. The summed E-state index contributed by atoms with van der Waals surface area (Å²) in [7, 11) is 3.26. The summed E-state index contributed by atoms with van der Waals surface area (Å²) in [6.07, 6.45) is 0.794. The summed E-state index contributed by atoms with van der Waals surface area (Å²) in [5.41, 5.74) is 3.48. The highest BCUT2D eigenvalue weighted by molar-refractivity contribution is 6.25. The van der Waals surface area contributed by atoms with Crippen LogP contribution in [0.25, 0.3) is 10.8 Å². The summed E-state index contributed by atoms with van der Waals surface area (Å²) in [6.45, 7) is 5.73. The van der Waals surface area contributed by atoms with Gasteiger partial charge in [-0.05, 0) is 47.2 Å². The van der Waals surface area contributed by atoms with Crippen LogP contribution in [0.4, 0.5) is 0 Å². The maximum atomic E-state index is 13.2. The summed E-state index contributed by atoms with van der Waals surface area (Å²) in [4.78, 5) is 47.3. The van der Waals surface area contributed by atoms with E-state index in [0.29, 0.717) is 49.6 Å². The molecule has 1 saturated heterocycles. The van der Waals surface area contributed by atoms with Crippen molar-refractivity contribution in [3.05, 3.63) is 70.8 Å². The van der Waals surface area contributed by atoms with Crippen LogP contribution in [0.2, 0.25) is 0 Å². The lowest BCUT2D eigenvalue weighted by atomic mass is 9.94. The molecule has 9 nitrogen and oxygen atoms in total. The van der Waals surface area contributed by atoms with E-state index in [2.05, 4.69) is 9.80 Å². The number of carbonyl (C=O) groups excluding carboxylic acids is 3. The van der Waals surface area contributed by atoms with Crippen LogP contribution in [0.5, 0.6) is 11.5 Å². The molecule has 0 bridgehead atoms. The number of amides is 3. The van der Waals surface area contributed by atoms with Crippen molar-refractivity contribution in [3.8, 4) is 11.5 Å². The van der Waals surface area contributed by atoms with Crippen molar-refractivity contribution in [3.63, 3.8) is 0 Å². The number of rotatable bonds is 7. The van der Waals surface area contributed by atoms with Gasteiger partial charge in [-0.15, -0.1) is 0 Å². The van der Waals surface area contributed by atoms with Gasteiger partial charge in [0.25, 0.3) is 11.8 Å². The van der Waals surface area contributed by atoms with Gasteiger partial charge >= 0.3 is 0 Å². The third kappa shape index (κ3) is 4.80. The third-order valence-corrected chi connectivity index (χ3v) is 8.39. The van der Waals surface area contributed by atoms with E-state index in [1.54, 1.807) is 26.4 Å². The first-order valence-electron chi connectivity index (χ1n) is 13.8. The number of hydrogen-bond donors (Lipinski definition) is 0. The highest BCUT2D eigenvalue weighted by atomic mass is 16.5. The molecule has 0 N–H and O–H groups in total. The van der Waals surface area contributed by atoms with Crippen LogP contribution in [0.3, 0.4) is 0 Å². The number of hydrogen-bond acceptors (Lipinski definition) is 7. The molecule has 6 rings (SSSR count). The van der Waals surface area contributed by atoms with Crippen LogP contribution in [-0.2, 0) is 17.8 Å². The SMILES string of the molecule is COc1cc2c(cc1OC)CN(C(=O)CN1CCN(CCN3C(=O)c4cccc5cccc(c45)C3=O)CC1)CC2. The van der Waals surface area contributed by atoms with Gasteiger partial charge in [-0.3, -0.25) is 29.1 Å². The average Bonchev–Trinajstić information content (AvgIpc) is 2.99. The van der Waals surface area contributed by atoms with E-state index < -0.39 is 0 Å². The lowest BCUT2D eigenvalue weighted by molar-refractivity contribution is -0.133. The van der Waals surface area contributed by atoms with Gasteiger partial charge in [0.1, 0.15) is 0 Å². The standard InChI is InChI=1S/C31H34N4O5/c1-39-26-17-22-9-10-34(19-23(22)18-27(26)40-2)28(36)20-33-13-11-32(12-14-33)15-16-35-30(37)24-7-3-5-21-6-4-8-25(29(21)24)31(35)38/h3-8,17-18H,9-16,19-20H2,1-2H3. The Hall–Kier alpha value is -3.95. The molecule has 0 aliphatic carbocycles. The van der Waals surface area contributed by atoms with Gasteiger partial charge < -0.3 is 14.4 Å². The monoisotopic (exact) mass is 542 g/mol. The summed E-state index contributed by atoms with van der Waals surface area (Å²) >= 11 is 0. The highest BCUT2D eigenvalue weighted by Gasteiger charge is 2.33. The molecule has 0 spiro atoms. The van der Waals surface area contributed by atoms with E-state index in [9.17, 15) is 14.4 Å². The Kier molecular flexibility index (Phi) is 7.16. The molecule has 1 fully saturated rings. The number of fused-ring (bicyclic) bond motifs is 1. The average molecular weight is 543 g/mol. The van der Waals surface area contributed by atoms with Crippen molar-refractivity contribution >= 4 is 28.5 Å². The van der Waals surface area contributed by atoms with Gasteiger partial charge in [0.2, 0.25) is 5.91 Å². The number of methoxy groups -OCH3 is 2. The smallest absolute Gasteiger partial charge is 0.261 e. The Morgan fingerprint density at radius 1 is 0.775 bits per heavy atom. The van der Waals surface area contributed by atoms with Gasteiger partial charge in [0.05, 0.1) is 20.8 Å². The Balaban J connectivity index is 1.01. The number of carbonyl (C=O) groups is 3. The van der Waals surface area contributed by atoms with E-state index in [0.717, 1.165) is 54.7 Å². The zero-order valence-corrected chi connectivity index (χ0v) is 23.0. The number of nitrogens with zero attached hydrogens (tertiary/aromatic N) is 4. The summed E-state index contributed by atoms with van der Waals surface area (Å²) in [5.74, 6) is 1.08. The number of piperazine rings is 1. The van der Waals surface area contributed by atoms with Crippen molar-refractivity contribution in [2.75, 3.05) is 66.6 Å². The van der Waals surface area contributed by atoms with Crippen molar-refractivity contribution < 1.29 is 23.9 Å². The predicted octanol–water partition coefficient (Wildman–Crippen LogP) is 2.66. The molecule has 0 atom stereocenters. The molecular formula is C31H34N4O5. The molecule has 3 aliphatic rings. The molecule has 208 valence electrons. The fraction of sp³-hybridized carbons (Fsp3) is 0.387. The topological polar surface area (TPSA) is 82.6 Å². The quantitative estimate of drug-likeness (QED) is 0.425. The molecule has 0 radical (unpaired) electrons. The minimum absolute atomic E-state index is 0.131. The molecular weight excluding hydrogens is 508 g/mol.